The van der Waals surface area contributed by atoms with Gasteiger partial charge in [-0.1, -0.05) is 47.0 Å². The van der Waals surface area contributed by atoms with E-state index in [2.05, 4.69) is 34.6 Å². The molecule has 0 aromatic heterocycles. The third-order valence-electron chi connectivity index (χ3n) is 11.0. The molecule has 5 aliphatic rings. The van der Waals surface area contributed by atoms with E-state index < -0.39 is 5.79 Å². The normalized spacial score (nSPS) is 49.3. The predicted molar refractivity (Wildman–Crippen MR) is 130 cm³/mol. The van der Waals surface area contributed by atoms with Gasteiger partial charge >= 0.3 is 5.97 Å². The van der Waals surface area contributed by atoms with Crippen LogP contribution in [0.15, 0.2) is 0 Å². The van der Waals surface area contributed by atoms with Crippen LogP contribution in [0, 0.1) is 40.9 Å². The van der Waals surface area contributed by atoms with Crippen LogP contribution in [0.5, 0.6) is 0 Å². The minimum atomic E-state index is -0.534. The summed E-state index contributed by atoms with van der Waals surface area (Å²) in [4.78, 5) is 11.7. The average Bonchev–Trinajstić information content (AvgIpc) is 3.12. The topological polar surface area (TPSA) is 44.8 Å². The predicted octanol–water partition coefficient (Wildman–Crippen LogP) is 6.90. The highest BCUT2D eigenvalue weighted by atomic mass is 16.8. The van der Waals surface area contributed by atoms with Crippen molar-refractivity contribution in [2.75, 3.05) is 0 Å². The summed E-state index contributed by atoms with van der Waals surface area (Å²) in [6.07, 6.45) is 13.2. The summed E-state index contributed by atoms with van der Waals surface area (Å²) < 4.78 is 19.2. The number of carbonyl (C=O) groups excluding carboxylic acids is 1. The van der Waals surface area contributed by atoms with Gasteiger partial charge in [-0.3, -0.25) is 4.79 Å². The van der Waals surface area contributed by atoms with Crippen LogP contribution in [0.1, 0.15) is 112 Å². The van der Waals surface area contributed by atoms with Crippen molar-refractivity contribution >= 4 is 5.97 Å². The van der Waals surface area contributed by atoms with Crippen LogP contribution in [0.2, 0.25) is 0 Å². The molecule has 5 fully saturated rings. The van der Waals surface area contributed by atoms with Gasteiger partial charge in [0.1, 0.15) is 6.10 Å². The molecular weight excluding hydrogens is 412 g/mol. The lowest BCUT2D eigenvalue weighted by Crippen LogP contribution is -2.54. The molecule has 0 amide bonds. The van der Waals surface area contributed by atoms with Crippen LogP contribution in [0.3, 0.4) is 0 Å². The van der Waals surface area contributed by atoms with Gasteiger partial charge in [0.15, 0.2) is 5.79 Å². The number of ether oxygens (including phenoxy) is 3. The summed E-state index contributed by atoms with van der Waals surface area (Å²) in [5.74, 6) is 3.98. The molecule has 33 heavy (non-hydrogen) atoms. The van der Waals surface area contributed by atoms with Crippen molar-refractivity contribution < 1.29 is 19.0 Å². The molecule has 188 valence electrons. The van der Waals surface area contributed by atoms with Crippen molar-refractivity contribution in [3.8, 4) is 0 Å². The highest BCUT2D eigenvalue weighted by Gasteiger charge is 2.68. The molecule has 4 heteroatoms. The minimum Gasteiger partial charge on any atom is -0.462 e. The fourth-order valence-corrected chi connectivity index (χ4v) is 9.57. The van der Waals surface area contributed by atoms with Crippen LogP contribution in [0.4, 0.5) is 0 Å². The quantitative estimate of drug-likeness (QED) is 0.405. The molecule has 0 N–H and O–H groups in total. The molecule has 3 saturated heterocycles. The first-order valence-corrected chi connectivity index (χ1v) is 14.1. The van der Waals surface area contributed by atoms with E-state index in [4.69, 9.17) is 14.2 Å². The van der Waals surface area contributed by atoms with Gasteiger partial charge in [0.25, 0.3) is 0 Å². The van der Waals surface area contributed by atoms with E-state index in [1.807, 2.05) is 0 Å². The Morgan fingerprint density at radius 3 is 2.55 bits per heavy atom. The number of esters is 1. The second-order valence-corrected chi connectivity index (χ2v) is 13.4. The molecule has 3 aliphatic heterocycles. The van der Waals surface area contributed by atoms with Gasteiger partial charge in [0.2, 0.25) is 0 Å². The highest BCUT2D eigenvalue weighted by molar-refractivity contribution is 5.66. The summed E-state index contributed by atoms with van der Waals surface area (Å²) >= 11 is 0. The van der Waals surface area contributed by atoms with Crippen LogP contribution >= 0.6 is 0 Å². The lowest BCUT2D eigenvalue weighted by atomic mass is 9.52. The number of hydrogen-bond donors (Lipinski definition) is 0. The second-order valence-electron chi connectivity index (χ2n) is 13.4. The molecule has 4 nitrogen and oxygen atoms in total. The lowest BCUT2D eigenvalue weighted by molar-refractivity contribution is -0.225. The smallest absolute Gasteiger partial charge is 0.302 e. The first-order chi connectivity index (χ1) is 15.6. The monoisotopic (exact) mass is 460 g/mol. The van der Waals surface area contributed by atoms with Crippen molar-refractivity contribution in [1.29, 1.82) is 0 Å². The Hall–Kier alpha value is -0.610. The molecule has 5 rings (SSSR count). The van der Waals surface area contributed by atoms with E-state index in [9.17, 15) is 4.79 Å². The zero-order valence-electron chi connectivity index (χ0n) is 22.0. The maximum atomic E-state index is 11.7. The van der Waals surface area contributed by atoms with Gasteiger partial charge < -0.3 is 14.2 Å². The summed E-state index contributed by atoms with van der Waals surface area (Å²) in [6, 6.07) is 0. The van der Waals surface area contributed by atoms with Crippen molar-refractivity contribution in [3.63, 3.8) is 0 Å². The van der Waals surface area contributed by atoms with Crippen molar-refractivity contribution in [3.05, 3.63) is 0 Å². The maximum absolute atomic E-state index is 11.7. The summed E-state index contributed by atoms with van der Waals surface area (Å²) in [7, 11) is 0. The zero-order valence-corrected chi connectivity index (χ0v) is 22.0. The average molecular weight is 461 g/mol. The van der Waals surface area contributed by atoms with Crippen molar-refractivity contribution in [1.82, 2.24) is 0 Å². The Morgan fingerprint density at radius 1 is 1.03 bits per heavy atom. The molecule has 3 bridgehead atoms. The van der Waals surface area contributed by atoms with E-state index in [1.54, 1.807) is 0 Å². The molecule has 2 aliphatic carbocycles. The summed E-state index contributed by atoms with van der Waals surface area (Å²) in [6.45, 7) is 13.8. The molecular formula is C29H48O4. The fraction of sp³-hybridized carbons (Fsp3) is 0.966. The number of rotatable bonds is 6. The van der Waals surface area contributed by atoms with Gasteiger partial charge in [-0.05, 0) is 80.0 Å². The van der Waals surface area contributed by atoms with E-state index in [0.29, 0.717) is 17.8 Å². The van der Waals surface area contributed by atoms with Crippen LogP contribution in [-0.2, 0) is 19.0 Å². The van der Waals surface area contributed by atoms with Gasteiger partial charge in [0, 0.05) is 26.2 Å². The first-order valence-electron chi connectivity index (χ1n) is 14.1. The lowest BCUT2D eigenvalue weighted by Gasteiger charge is -2.54. The summed E-state index contributed by atoms with van der Waals surface area (Å²) in [5.41, 5.74) is 0.255. The number of fused-ring (bicyclic) bond motifs is 7. The maximum Gasteiger partial charge on any atom is 0.302 e. The van der Waals surface area contributed by atoms with Crippen LogP contribution in [-0.4, -0.2) is 29.6 Å². The molecule has 0 unspecified atom stereocenters. The number of hydrogen-bond acceptors (Lipinski definition) is 4. The van der Waals surface area contributed by atoms with Gasteiger partial charge in [0.05, 0.1) is 11.7 Å². The van der Waals surface area contributed by atoms with E-state index in [-0.39, 0.29) is 23.8 Å². The van der Waals surface area contributed by atoms with Crippen molar-refractivity contribution in [2.45, 2.75) is 136 Å². The first kappa shape index (κ1) is 24.1. The molecule has 0 radical (unpaired) electrons. The van der Waals surface area contributed by atoms with E-state index in [1.165, 1.54) is 58.3 Å². The third-order valence-corrected chi connectivity index (χ3v) is 11.0. The van der Waals surface area contributed by atoms with Gasteiger partial charge in [-0.15, -0.1) is 0 Å². The van der Waals surface area contributed by atoms with E-state index >= 15 is 0 Å². The standard InChI is InChI=1S/C29H48O4/c1-18(2)8-7-9-19(3)23-10-11-24-22-12-15-29-17-21(31-20(4)30)16-26(32-29)28(6,33-29)25(22)13-14-27(23,24)5/h18-19,21-26H,7-17H2,1-6H3/t19-,21+,22+,23-,24+,25+,26+,27-,28+,29+/m1/s1. The molecule has 3 heterocycles. The van der Waals surface area contributed by atoms with Crippen LogP contribution < -0.4 is 0 Å². The second kappa shape index (κ2) is 8.50. The molecule has 1 spiro atoms. The Bertz CT molecular complexity index is 750. The zero-order chi connectivity index (χ0) is 23.6. The van der Waals surface area contributed by atoms with E-state index in [0.717, 1.165) is 42.4 Å². The largest absolute Gasteiger partial charge is 0.462 e. The summed E-state index contributed by atoms with van der Waals surface area (Å²) in [5, 5.41) is 0. The molecule has 10 atom stereocenters. The molecule has 0 aromatic rings. The minimum absolute atomic E-state index is 0.0555. The third kappa shape index (κ3) is 3.99. The Labute approximate surface area is 201 Å². The Balaban J connectivity index is 1.33. The molecule has 0 aromatic carbocycles. The number of carbonyl (C=O) groups is 1. The Morgan fingerprint density at radius 2 is 1.82 bits per heavy atom. The fourth-order valence-electron chi connectivity index (χ4n) is 9.57. The Kier molecular flexibility index (Phi) is 6.21. The SMILES string of the molecule is CC(=O)O[C@H]1C[C@@H]2O[C@]3(CC[C@H]4[C@@H]5CC[C@H]([C@H](C)CCCC(C)C)[C@@]5(C)CC[C@@H]4[C@]2(C)O3)C1. The highest BCUT2D eigenvalue weighted by Crippen LogP contribution is 2.67. The van der Waals surface area contributed by atoms with Gasteiger partial charge in [-0.2, -0.15) is 0 Å². The molecule has 2 saturated carbocycles. The van der Waals surface area contributed by atoms with Crippen molar-refractivity contribution in [2.24, 2.45) is 40.9 Å². The van der Waals surface area contributed by atoms with Crippen LogP contribution in [0.25, 0.3) is 0 Å². The van der Waals surface area contributed by atoms with Gasteiger partial charge in [-0.25, -0.2) is 0 Å².